The van der Waals surface area contributed by atoms with Gasteiger partial charge >= 0.3 is 0 Å². The third kappa shape index (κ3) is 5.68. The molecule has 186 valence electrons. The van der Waals surface area contributed by atoms with Gasteiger partial charge in [-0.2, -0.15) is 0 Å². The summed E-state index contributed by atoms with van der Waals surface area (Å²) in [4.78, 5) is 15.7. The number of H-pyrrole nitrogens is 1. The van der Waals surface area contributed by atoms with Crippen molar-refractivity contribution in [3.05, 3.63) is 53.1 Å². The molecular formula is C24H29F2N7O2. The number of benzene rings is 1. The number of hydrogen-bond donors (Lipinski definition) is 2. The summed E-state index contributed by atoms with van der Waals surface area (Å²) in [5.74, 6) is -0.658. The van der Waals surface area contributed by atoms with Crippen LogP contribution in [0.4, 0.5) is 14.7 Å². The van der Waals surface area contributed by atoms with Crippen molar-refractivity contribution in [3.8, 4) is 5.75 Å². The third-order valence-corrected chi connectivity index (χ3v) is 5.78. The zero-order chi connectivity index (χ0) is 24.9. The normalized spacial score (nSPS) is 15.6. The fraction of sp³-hybridized carbons (Fsp3) is 0.375. The minimum absolute atomic E-state index is 0.267. The van der Waals surface area contributed by atoms with Gasteiger partial charge in [0.05, 0.1) is 11.2 Å². The summed E-state index contributed by atoms with van der Waals surface area (Å²) in [5, 5.41) is 7.25. The molecule has 0 amide bonds. The van der Waals surface area contributed by atoms with Crippen LogP contribution in [-0.2, 0) is 6.42 Å². The van der Waals surface area contributed by atoms with E-state index in [0.717, 1.165) is 44.0 Å². The molecule has 0 atom stereocenters. The molecule has 3 aromatic rings. The molecule has 2 N–H and O–H groups in total. The average Bonchev–Trinajstić information content (AvgIpc) is 3.45. The number of nitrogens with one attached hydrogen (secondary N) is 2. The average molecular weight is 486 g/mol. The van der Waals surface area contributed by atoms with Crippen LogP contribution in [0.25, 0.3) is 10.9 Å². The second-order valence-electron chi connectivity index (χ2n) is 8.34. The van der Waals surface area contributed by atoms with Gasteiger partial charge in [-0.25, -0.2) is 18.8 Å². The third-order valence-electron chi connectivity index (χ3n) is 5.78. The van der Waals surface area contributed by atoms with Crippen molar-refractivity contribution in [1.29, 1.82) is 0 Å². The minimum Gasteiger partial charge on any atom is -0.465 e. The summed E-state index contributed by atoms with van der Waals surface area (Å²) >= 11 is 0. The summed E-state index contributed by atoms with van der Waals surface area (Å²) < 4.78 is 40.2. The molecule has 9 nitrogen and oxygen atoms in total. The molecule has 1 aliphatic heterocycles. The molecule has 0 spiro atoms. The molecule has 1 fully saturated rings. The molecule has 0 aliphatic carbocycles. The first-order chi connectivity index (χ1) is 16.9. The summed E-state index contributed by atoms with van der Waals surface area (Å²) in [6.45, 7) is 10.2. The van der Waals surface area contributed by atoms with Gasteiger partial charge in [-0.3, -0.25) is 0 Å². The summed E-state index contributed by atoms with van der Waals surface area (Å²) in [6, 6.07) is 4.61. The van der Waals surface area contributed by atoms with Crippen LogP contribution in [0, 0.1) is 18.6 Å². The lowest BCUT2D eigenvalue weighted by Crippen LogP contribution is -2.47. The maximum atomic E-state index is 14.9. The van der Waals surface area contributed by atoms with Crippen molar-refractivity contribution in [2.24, 2.45) is 9.98 Å². The van der Waals surface area contributed by atoms with Crippen LogP contribution < -0.4 is 10.1 Å². The van der Waals surface area contributed by atoms with Crippen LogP contribution in [0.1, 0.15) is 18.3 Å². The van der Waals surface area contributed by atoms with E-state index in [1.54, 1.807) is 25.1 Å². The Morgan fingerprint density at radius 2 is 2.06 bits per heavy atom. The van der Waals surface area contributed by atoms with Gasteiger partial charge in [0.1, 0.15) is 11.7 Å². The quantitative estimate of drug-likeness (QED) is 0.371. The Balaban J connectivity index is 1.57. The Hall–Kier alpha value is -3.73. The molecule has 0 unspecified atom stereocenters. The van der Waals surface area contributed by atoms with Crippen LogP contribution in [-0.4, -0.2) is 72.5 Å². The molecule has 0 radical (unpaired) electrons. The van der Waals surface area contributed by atoms with Crippen molar-refractivity contribution in [3.63, 3.8) is 0 Å². The molecule has 35 heavy (non-hydrogen) atoms. The Morgan fingerprint density at radius 1 is 1.29 bits per heavy atom. The van der Waals surface area contributed by atoms with E-state index in [1.165, 1.54) is 6.07 Å². The van der Waals surface area contributed by atoms with E-state index in [2.05, 4.69) is 42.0 Å². The highest BCUT2D eigenvalue weighted by Crippen LogP contribution is 2.30. The summed E-state index contributed by atoms with van der Waals surface area (Å²) in [7, 11) is 2.05. The van der Waals surface area contributed by atoms with Gasteiger partial charge in [0.25, 0.3) is 0 Å². The van der Waals surface area contributed by atoms with E-state index in [-0.39, 0.29) is 12.1 Å². The Kier molecular flexibility index (Phi) is 7.45. The number of aliphatic imine (C=N–C) groups is 2. The fourth-order valence-corrected chi connectivity index (χ4v) is 3.80. The number of piperazine rings is 1. The highest BCUT2D eigenvalue weighted by molar-refractivity contribution is 5.94. The molecule has 2 aromatic heterocycles. The zero-order valence-corrected chi connectivity index (χ0v) is 20.1. The molecule has 4 rings (SSSR count). The van der Waals surface area contributed by atoms with E-state index < -0.39 is 17.4 Å². The van der Waals surface area contributed by atoms with Gasteiger partial charge in [0.15, 0.2) is 24.1 Å². The maximum Gasteiger partial charge on any atom is 0.230 e. The number of ether oxygens (including phenoxy) is 1. The lowest BCUT2D eigenvalue weighted by Gasteiger charge is -2.33. The molecule has 11 heteroatoms. The number of aryl methyl sites for hydroxylation is 2. The van der Waals surface area contributed by atoms with E-state index in [9.17, 15) is 8.78 Å². The lowest BCUT2D eigenvalue weighted by molar-refractivity contribution is 0.214. The highest BCUT2D eigenvalue weighted by atomic mass is 19.1. The molecule has 3 heterocycles. The molecule has 1 aromatic carbocycles. The predicted molar refractivity (Wildman–Crippen MR) is 132 cm³/mol. The van der Waals surface area contributed by atoms with Crippen molar-refractivity contribution in [2.75, 3.05) is 45.3 Å². The van der Waals surface area contributed by atoms with Crippen molar-refractivity contribution < 1.29 is 18.0 Å². The molecule has 1 aliphatic rings. The van der Waals surface area contributed by atoms with Crippen LogP contribution in [0.5, 0.6) is 5.75 Å². The van der Waals surface area contributed by atoms with Crippen LogP contribution >= 0.6 is 0 Å². The number of amidine groups is 1. The topological polar surface area (TPSA) is 94.3 Å². The van der Waals surface area contributed by atoms with Gasteiger partial charge in [-0.1, -0.05) is 12.1 Å². The molecule has 0 bridgehead atoms. The van der Waals surface area contributed by atoms with Gasteiger partial charge in [-0.15, -0.1) is 0 Å². The standard InChI is InChI=1S/C24H29F2N7O2/c1-5-16-11-22(35-31-16)30-20(27-3)13-21(33-8-6-32(4)7-9-33)28-14-34-24-18(25)12-19-17(23(24)26)10-15(2)29-19/h10-13,29-30H,3,5-9,14H2,1-2,4H3/b20-13+,28-21+. The van der Waals surface area contributed by atoms with Gasteiger partial charge < -0.3 is 29.4 Å². The van der Waals surface area contributed by atoms with Crippen LogP contribution in [0.2, 0.25) is 0 Å². The first-order valence-corrected chi connectivity index (χ1v) is 11.4. The number of hydrogen-bond acceptors (Lipinski definition) is 7. The number of anilines is 1. The predicted octanol–water partition coefficient (Wildman–Crippen LogP) is 3.94. The van der Waals surface area contributed by atoms with Crippen molar-refractivity contribution in [2.45, 2.75) is 20.3 Å². The van der Waals surface area contributed by atoms with Crippen molar-refractivity contribution >= 4 is 29.3 Å². The number of rotatable bonds is 8. The molecule has 0 saturated carbocycles. The fourth-order valence-electron chi connectivity index (χ4n) is 3.80. The largest absolute Gasteiger partial charge is 0.465 e. The summed E-state index contributed by atoms with van der Waals surface area (Å²) in [5.41, 5.74) is 1.91. The number of aromatic nitrogens is 2. The van der Waals surface area contributed by atoms with Gasteiger partial charge in [0, 0.05) is 55.5 Å². The minimum atomic E-state index is -0.795. The van der Waals surface area contributed by atoms with Crippen molar-refractivity contribution in [1.82, 2.24) is 19.9 Å². The second kappa shape index (κ2) is 10.7. The first kappa shape index (κ1) is 24.4. The lowest BCUT2D eigenvalue weighted by atomic mass is 10.2. The van der Waals surface area contributed by atoms with Crippen LogP contribution in [0.3, 0.4) is 0 Å². The Morgan fingerprint density at radius 3 is 2.74 bits per heavy atom. The Bertz CT molecular complexity index is 1260. The smallest absolute Gasteiger partial charge is 0.230 e. The molecular weight excluding hydrogens is 456 g/mol. The number of halogens is 2. The zero-order valence-electron chi connectivity index (χ0n) is 20.1. The maximum absolute atomic E-state index is 14.9. The number of fused-ring (bicyclic) bond motifs is 1. The van der Waals surface area contributed by atoms with E-state index >= 15 is 0 Å². The van der Waals surface area contributed by atoms with Crippen LogP contribution in [0.15, 0.2) is 44.6 Å². The summed E-state index contributed by atoms with van der Waals surface area (Å²) in [6.07, 6.45) is 2.43. The van der Waals surface area contributed by atoms with Gasteiger partial charge in [-0.05, 0) is 33.2 Å². The highest BCUT2D eigenvalue weighted by Gasteiger charge is 2.19. The van der Waals surface area contributed by atoms with E-state index in [0.29, 0.717) is 23.1 Å². The SMILES string of the molecule is C=N/C(=C\C(=N/COc1c(F)cc2[nH]c(C)cc2c1F)N1CCN(C)CC1)Nc1cc(CC)no1. The monoisotopic (exact) mass is 485 g/mol. The van der Waals surface area contributed by atoms with E-state index in [4.69, 9.17) is 9.26 Å². The molecule has 1 saturated heterocycles. The number of likely N-dealkylation sites (N-methyl/N-ethyl adjacent to an activating group) is 1. The van der Waals surface area contributed by atoms with E-state index in [1.807, 2.05) is 14.0 Å². The van der Waals surface area contributed by atoms with Gasteiger partial charge in [0.2, 0.25) is 5.88 Å². The number of nitrogens with zero attached hydrogens (tertiary/aromatic N) is 5. The number of aromatic amines is 1. The first-order valence-electron chi connectivity index (χ1n) is 11.4. The Labute approximate surface area is 202 Å². The second-order valence-corrected chi connectivity index (χ2v) is 8.34.